The Balaban J connectivity index is 2.04. The van der Waals surface area contributed by atoms with E-state index in [1.165, 1.54) is 11.0 Å². The van der Waals surface area contributed by atoms with E-state index in [0.29, 0.717) is 11.0 Å². The van der Waals surface area contributed by atoms with Gasteiger partial charge in [-0.1, -0.05) is 30.3 Å². The van der Waals surface area contributed by atoms with Crippen LogP contribution < -0.4 is 5.56 Å². The Morgan fingerprint density at radius 2 is 2.05 bits per heavy atom. The lowest BCUT2D eigenvalue weighted by molar-refractivity contribution is 0.774. The second-order valence-electron chi connectivity index (χ2n) is 4.09. The molecule has 0 spiro atoms. The van der Waals surface area contributed by atoms with Crippen LogP contribution in [0.15, 0.2) is 52.8 Å². The first-order valence-corrected chi connectivity index (χ1v) is 5.74. The van der Waals surface area contributed by atoms with Crippen LogP contribution in [0.3, 0.4) is 0 Å². The second kappa shape index (κ2) is 4.49. The summed E-state index contributed by atoms with van der Waals surface area (Å²) in [5.74, 6) is 0. The lowest BCUT2D eigenvalue weighted by atomic mass is 10.2. The maximum Gasteiger partial charge on any atom is 0.285 e. The Hall–Kier alpha value is -2.76. The Morgan fingerprint density at radius 3 is 2.84 bits per heavy atom. The van der Waals surface area contributed by atoms with E-state index in [1.807, 2.05) is 30.3 Å². The van der Waals surface area contributed by atoms with E-state index in [0.717, 1.165) is 5.56 Å². The second-order valence-corrected chi connectivity index (χ2v) is 4.09. The topological polar surface area (TPSA) is 65.1 Å². The molecule has 19 heavy (non-hydrogen) atoms. The van der Waals surface area contributed by atoms with Crippen LogP contribution >= 0.6 is 0 Å². The highest BCUT2D eigenvalue weighted by atomic mass is 16.1. The van der Waals surface area contributed by atoms with Crippen molar-refractivity contribution in [1.29, 1.82) is 0 Å². The van der Waals surface area contributed by atoms with Crippen LogP contribution in [0, 0.1) is 0 Å². The molecule has 2 aromatic heterocycles. The van der Waals surface area contributed by atoms with E-state index in [1.54, 1.807) is 24.1 Å². The van der Waals surface area contributed by atoms with Gasteiger partial charge in [0.05, 0.1) is 6.21 Å². The molecule has 0 aliphatic heterocycles. The molecule has 94 valence electrons. The number of hydrogen-bond donors (Lipinski definition) is 0. The zero-order valence-corrected chi connectivity index (χ0v) is 10.3. The fraction of sp³-hybridized carbons (Fsp3) is 0.0769. The molecule has 6 heteroatoms. The van der Waals surface area contributed by atoms with Crippen LogP contribution in [0.1, 0.15) is 5.56 Å². The van der Waals surface area contributed by atoms with Crippen molar-refractivity contribution in [2.24, 2.45) is 12.1 Å². The smallest absolute Gasteiger partial charge is 0.273 e. The maximum atomic E-state index is 12.1. The summed E-state index contributed by atoms with van der Waals surface area (Å²) in [4.78, 5) is 16.2. The number of benzene rings is 1. The Kier molecular flexibility index (Phi) is 2.68. The first kappa shape index (κ1) is 11.3. The molecule has 0 bridgehead atoms. The molecule has 0 atom stereocenters. The summed E-state index contributed by atoms with van der Waals surface area (Å²) in [6.07, 6.45) is 4.63. The van der Waals surface area contributed by atoms with Crippen LogP contribution in [-0.4, -0.2) is 25.7 Å². The largest absolute Gasteiger partial charge is 0.285 e. The highest BCUT2D eigenvalue weighted by Crippen LogP contribution is 2.01. The molecule has 0 saturated carbocycles. The average molecular weight is 253 g/mol. The van der Waals surface area contributed by atoms with Crippen molar-refractivity contribution >= 4 is 17.2 Å². The van der Waals surface area contributed by atoms with Gasteiger partial charge in [0.1, 0.15) is 11.7 Å². The highest BCUT2D eigenvalue weighted by Gasteiger charge is 2.06. The van der Waals surface area contributed by atoms with Crippen LogP contribution in [0.4, 0.5) is 0 Å². The number of fused-ring (bicyclic) bond motifs is 1. The summed E-state index contributed by atoms with van der Waals surface area (Å²) < 4.78 is 2.77. The van der Waals surface area contributed by atoms with Crippen molar-refractivity contribution in [2.45, 2.75) is 0 Å². The molecular formula is C13H11N5O. The molecule has 0 aliphatic rings. The van der Waals surface area contributed by atoms with Gasteiger partial charge in [0, 0.05) is 13.2 Å². The number of aromatic nitrogens is 4. The van der Waals surface area contributed by atoms with Gasteiger partial charge < -0.3 is 0 Å². The van der Waals surface area contributed by atoms with E-state index in [4.69, 9.17) is 0 Å². The quantitative estimate of drug-likeness (QED) is 0.640. The molecule has 3 aromatic rings. The van der Waals surface area contributed by atoms with Crippen LogP contribution in [0.2, 0.25) is 0 Å². The SMILES string of the molecule is Cn1cc2c(=O)n(N=Cc3ccccc3)cnc2n1. The number of rotatable bonds is 2. The van der Waals surface area contributed by atoms with E-state index < -0.39 is 0 Å². The van der Waals surface area contributed by atoms with Crippen molar-refractivity contribution in [2.75, 3.05) is 0 Å². The molecule has 0 N–H and O–H groups in total. The fourth-order valence-electron chi connectivity index (χ4n) is 1.76. The third-order valence-corrected chi connectivity index (χ3v) is 2.67. The molecule has 2 heterocycles. The summed E-state index contributed by atoms with van der Waals surface area (Å²) in [5, 5.41) is 8.64. The van der Waals surface area contributed by atoms with Gasteiger partial charge in [-0.2, -0.15) is 14.9 Å². The van der Waals surface area contributed by atoms with E-state index in [-0.39, 0.29) is 5.56 Å². The molecule has 1 aromatic carbocycles. The van der Waals surface area contributed by atoms with Gasteiger partial charge in [0.15, 0.2) is 5.65 Å². The van der Waals surface area contributed by atoms with Crippen LogP contribution in [-0.2, 0) is 7.05 Å². The van der Waals surface area contributed by atoms with Crippen molar-refractivity contribution in [1.82, 2.24) is 19.4 Å². The van der Waals surface area contributed by atoms with Gasteiger partial charge in [-0.3, -0.25) is 9.48 Å². The molecule has 0 amide bonds. The minimum atomic E-state index is -0.231. The van der Waals surface area contributed by atoms with Crippen molar-refractivity contribution < 1.29 is 0 Å². The third kappa shape index (κ3) is 2.15. The van der Waals surface area contributed by atoms with Gasteiger partial charge in [0.25, 0.3) is 5.56 Å². The molecule has 0 unspecified atom stereocenters. The van der Waals surface area contributed by atoms with E-state index in [2.05, 4.69) is 15.2 Å². The minimum absolute atomic E-state index is 0.231. The summed E-state index contributed by atoms with van der Waals surface area (Å²) in [6, 6.07) is 9.56. The van der Waals surface area contributed by atoms with Crippen molar-refractivity contribution in [3.63, 3.8) is 0 Å². The summed E-state index contributed by atoms with van der Waals surface area (Å²) in [7, 11) is 1.75. The normalized spacial score (nSPS) is 11.4. The number of aryl methyl sites for hydroxylation is 1. The molecule has 0 saturated heterocycles. The Bertz CT molecular complexity index is 801. The monoisotopic (exact) mass is 253 g/mol. The summed E-state index contributed by atoms with van der Waals surface area (Å²) >= 11 is 0. The first-order chi connectivity index (χ1) is 9.24. The number of hydrogen-bond acceptors (Lipinski definition) is 4. The zero-order valence-electron chi connectivity index (χ0n) is 10.3. The van der Waals surface area contributed by atoms with Crippen molar-refractivity contribution in [3.8, 4) is 0 Å². The number of nitrogens with zero attached hydrogens (tertiary/aromatic N) is 5. The Morgan fingerprint density at radius 1 is 1.26 bits per heavy atom. The highest BCUT2D eigenvalue weighted by molar-refractivity contribution is 5.79. The summed E-state index contributed by atoms with van der Waals surface area (Å²) in [5.41, 5.74) is 1.12. The zero-order chi connectivity index (χ0) is 13.2. The van der Waals surface area contributed by atoms with Gasteiger partial charge in [0.2, 0.25) is 0 Å². The van der Waals surface area contributed by atoms with Gasteiger partial charge in [-0.25, -0.2) is 4.98 Å². The van der Waals surface area contributed by atoms with Crippen LogP contribution in [0.5, 0.6) is 0 Å². The average Bonchev–Trinajstić information content (AvgIpc) is 2.81. The molecule has 3 rings (SSSR count). The Labute approximate surface area is 108 Å². The molecule has 0 aliphatic carbocycles. The molecule has 0 radical (unpaired) electrons. The maximum absolute atomic E-state index is 12.1. The predicted molar refractivity (Wildman–Crippen MR) is 72.2 cm³/mol. The van der Waals surface area contributed by atoms with E-state index in [9.17, 15) is 4.79 Å². The standard InChI is InChI=1S/C13H11N5O/c1-17-8-11-12(16-17)14-9-18(13(11)19)15-7-10-5-3-2-4-6-10/h2-9H,1H3. The third-order valence-electron chi connectivity index (χ3n) is 2.67. The summed E-state index contributed by atoms with van der Waals surface area (Å²) in [6.45, 7) is 0. The molecule has 0 fully saturated rings. The minimum Gasteiger partial charge on any atom is -0.273 e. The van der Waals surface area contributed by atoms with E-state index >= 15 is 0 Å². The molecular weight excluding hydrogens is 242 g/mol. The van der Waals surface area contributed by atoms with Gasteiger partial charge >= 0.3 is 0 Å². The predicted octanol–water partition coefficient (Wildman–Crippen LogP) is 1.01. The molecule has 6 nitrogen and oxygen atoms in total. The van der Waals surface area contributed by atoms with Crippen molar-refractivity contribution in [3.05, 3.63) is 58.8 Å². The fourth-order valence-corrected chi connectivity index (χ4v) is 1.76. The van der Waals surface area contributed by atoms with Crippen LogP contribution in [0.25, 0.3) is 11.0 Å². The van der Waals surface area contributed by atoms with Gasteiger partial charge in [-0.05, 0) is 5.56 Å². The first-order valence-electron chi connectivity index (χ1n) is 5.74. The van der Waals surface area contributed by atoms with Gasteiger partial charge in [-0.15, -0.1) is 0 Å². The lowest BCUT2D eigenvalue weighted by Crippen LogP contribution is -2.16. The lowest BCUT2D eigenvalue weighted by Gasteiger charge is -1.96.